The Bertz CT molecular complexity index is 947. The molecule has 0 bridgehead atoms. The van der Waals surface area contributed by atoms with E-state index in [1.165, 1.54) is 16.8 Å². The maximum Gasteiger partial charge on any atom is 0.303 e. The smallest absolute Gasteiger partial charge is 0.303 e. The molecule has 0 aliphatic carbocycles. The predicted molar refractivity (Wildman–Crippen MR) is 110 cm³/mol. The van der Waals surface area contributed by atoms with E-state index in [9.17, 15) is 4.79 Å². The van der Waals surface area contributed by atoms with E-state index in [4.69, 9.17) is 16.7 Å². The quantitative estimate of drug-likeness (QED) is 0.489. The molecule has 2 aromatic carbocycles. The van der Waals surface area contributed by atoms with Gasteiger partial charge in [0.25, 0.3) is 0 Å². The van der Waals surface area contributed by atoms with E-state index in [1.54, 1.807) is 0 Å². The van der Waals surface area contributed by atoms with E-state index < -0.39 is 5.97 Å². The van der Waals surface area contributed by atoms with Crippen molar-refractivity contribution in [3.63, 3.8) is 0 Å². The number of benzene rings is 2. The van der Waals surface area contributed by atoms with E-state index in [1.807, 2.05) is 24.3 Å². The van der Waals surface area contributed by atoms with Gasteiger partial charge in [0.1, 0.15) is 0 Å². The number of hydrogen-bond acceptors (Lipinski definition) is 1. The van der Waals surface area contributed by atoms with Crippen molar-refractivity contribution in [1.82, 2.24) is 4.57 Å². The van der Waals surface area contributed by atoms with Crippen LogP contribution in [0.4, 0.5) is 0 Å². The Morgan fingerprint density at radius 2 is 1.92 bits per heavy atom. The van der Waals surface area contributed by atoms with Crippen LogP contribution in [0.25, 0.3) is 10.9 Å². The molecule has 26 heavy (non-hydrogen) atoms. The van der Waals surface area contributed by atoms with Crippen LogP contribution in [0.15, 0.2) is 46.9 Å². The zero-order valence-corrected chi connectivity index (χ0v) is 17.1. The molecule has 3 aromatic rings. The lowest BCUT2D eigenvalue weighted by Crippen LogP contribution is -2.04. The number of hydrogen-bond donors (Lipinski definition) is 1. The third-order valence-corrected chi connectivity index (χ3v) is 5.64. The summed E-state index contributed by atoms with van der Waals surface area (Å²) in [6.07, 6.45) is 0.778. The van der Waals surface area contributed by atoms with Gasteiger partial charge < -0.3 is 9.67 Å². The summed E-state index contributed by atoms with van der Waals surface area (Å²) in [4.78, 5) is 11.0. The van der Waals surface area contributed by atoms with Crippen LogP contribution in [0.1, 0.15) is 42.5 Å². The molecule has 3 rings (SSSR count). The second kappa shape index (κ2) is 7.85. The van der Waals surface area contributed by atoms with E-state index in [0.29, 0.717) is 11.4 Å². The van der Waals surface area contributed by atoms with Crippen LogP contribution in [0.2, 0.25) is 5.02 Å². The molecule has 0 saturated heterocycles. The van der Waals surface area contributed by atoms with Crippen molar-refractivity contribution in [1.29, 1.82) is 0 Å². The van der Waals surface area contributed by atoms with E-state index in [-0.39, 0.29) is 12.3 Å². The second-order valence-corrected chi connectivity index (χ2v) is 8.06. The average Bonchev–Trinajstić information content (AvgIpc) is 2.86. The molecule has 1 N–H and O–H groups in total. The van der Waals surface area contributed by atoms with Crippen LogP contribution < -0.4 is 0 Å². The van der Waals surface area contributed by atoms with Gasteiger partial charge in [-0.1, -0.05) is 46.6 Å². The Hall–Kier alpha value is -1.78. The molecule has 5 heteroatoms. The molecule has 0 amide bonds. The number of aliphatic carboxylic acids is 1. The van der Waals surface area contributed by atoms with Gasteiger partial charge in [-0.15, -0.1) is 0 Å². The van der Waals surface area contributed by atoms with Crippen molar-refractivity contribution in [2.75, 3.05) is 0 Å². The first kappa shape index (κ1) is 19.0. The third kappa shape index (κ3) is 3.97. The summed E-state index contributed by atoms with van der Waals surface area (Å²) in [5.74, 6) is -0.607. The van der Waals surface area contributed by atoms with Gasteiger partial charge in [0.15, 0.2) is 0 Å². The molecule has 0 radical (unpaired) electrons. The molecule has 1 unspecified atom stereocenters. The molecule has 0 aliphatic rings. The molecule has 0 saturated carbocycles. The number of carboxylic acid groups (broad SMARTS) is 1. The second-order valence-electron chi connectivity index (χ2n) is 6.71. The lowest BCUT2D eigenvalue weighted by Gasteiger charge is -2.13. The minimum atomic E-state index is -0.758. The number of fused-ring (bicyclic) bond motifs is 1. The van der Waals surface area contributed by atoms with Crippen molar-refractivity contribution in [2.45, 2.75) is 39.2 Å². The van der Waals surface area contributed by atoms with Crippen molar-refractivity contribution >= 4 is 44.4 Å². The van der Waals surface area contributed by atoms with Gasteiger partial charge in [-0.05, 0) is 60.7 Å². The normalized spacial score (nSPS) is 12.5. The zero-order valence-electron chi connectivity index (χ0n) is 14.8. The monoisotopic (exact) mass is 433 g/mol. The van der Waals surface area contributed by atoms with Crippen LogP contribution in [0.5, 0.6) is 0 Å². The fraction of sp³-hybridized carbons (Fsp3) is 0.286. The molecule has 1 aromatic heterocycles. The van der Waals surface area contributed by atoms with Crippen LogP contribution >= 0.6 is 27.5 Å². The molecule has 0 aliphatic heterocycles. The first-order chi connectivity index (χ1) is 12.4. The molecule has 1 atom stereocenters. The Morgan fingerprint density at radius 1 is 1.23 bits per heavy atom. The van der Waals surface area contributed by atoms with E-state index in [2.05, 4.69) is 52.5 Å². The number of carboxylic acids is 1. The highest BCUT2D eigenvalue weighted by Crippen LogP contribution is 2.36. The van der Waals surface area contributed by atoms with Crippen LogP contribution in [0, 0.1) is 6.92 Å². The molecule has 3 nitrogen and oxygen atoms in total. The largest absolute Gasteiger partial charge is 0.481 e. The summed E-state index contributed by atoms with van der Waals surface area (Å²) in [5, 5.41) is 10.8. The molecule has 0 fully saturated rings. The summed E-state index contributed by atoms with van der Waals surface area (Å²) in [7, 11) is 0. The third-order valence-electron chi connectivity index (χ3n) is 4.87. The zero-order chi connectivity index (χ0) is 18.8. The highest BCUT2D eigenvalue weighted by atomic mass is 79.9. The molecule has 136 valence electrons. The molecular formula is C21H21BrClNO2. The summed E-state index contributed by atoms with van der Waals surface area (Å²) >= 11 is 9.73. The maximum absolute atomic E-state index is 11.0. The standard InChI is InChI=1S/C21H21BrClNO2/c1-13(3-10-20(25)26)21-14(2)24(12-15-4-6-16(22)7-5-15)19-9-8-17(23)11-18(19)21/h4-9,11,13H,3,10,12H2,1-2H3,(H,25,26). The minimum absolute atomic E-state index is 0.151. The van der Waals surface area contributed by atoms with Crippen molar-refractivity contribution in [3.8, 4) is 0 Å². The first-order valence-electron chi connectivity index (χ1n) is 8.61. The van der Waals surface area contributed by atoms with Gasteiger partial charge in [-0.2, -0.15) is 0 Å². The maximum atomic E-state index is 11.0. The summed E-state index contributed by atoms with van der Waals surface area (Å²) in [6, 6.07) is 14.3. The predicted octanol–water partition coefficient (Wildman–Crippen LogP) is 6.38. The van der Waals surface area contributed by atoms with Crippen molar-refractivity contribution in [3.05, 3.63) is 68.8 Å². The fourth-order valence-electron chi connectivity index (χ4n) is 3.56. The fourth-order valence-corrected chi connectivity index (χ4v) is 4.00. The number of halogens is 2. The Morgan fingerprint density at radius 3 is 2.58 bits per heavy atom. The van der Waals surface area contributed by atoms with Crippen molar-refractivity contribution in [2.24, 2.45) is 0 Å². The number of carbonyl (C=O) groups is 1. The van der Waals surface area contributed by atoms with Gasteiger partial charge in [0, 0.05) is 39.1 Å². The Kier molecular flexibility index (Phi) is 5.73. The highest BCUT2D eigenvalue weighted by Gasteiger charge is 2.20. The van der Waals surface area contributed by atoms with E-state index in [0.717, 1.165) is 21.9 Å². The summed E-state index contributed by atoms with van der Waals surface area (Å²) in [6.45, 7) is 4.97. The van der Waals surface area contributed by atoms with E-state index >= 15 is 0 Å². The van der Waals surface area contributed by atoms with Gasteiger partial charge in [-0.25, -0.2) is 0 Å². The van der Waals surface area contributed by atoms with Crippen LogP contribution in [0.3, 0.4) is 0 Å². The summed E-state index contributed by atoms with van der Waals surface area (Å²) < 4.78 is 3.35. The lowest BCUT2D eigenvalue weighted by atomic mass is 9.93. The molecule has 1 heterocycles. The SMILES string of the molecule is Cc1c(C(C)CCC(=O)O)c2cc(Cl)ccc2n1Cc1ccc(Br)cc1. The Balaban J connectivity index is 2.07. The van der Waals surface area contributed by atoms with Gasteiger partial charge in [0.05, 0.1) is 0 Å². The highest BCUT2D eigenvalue weighted by molar-refractivity contribution is 9.10. The Labute approximate surface area is 166 Å². The van der Waals surface area contributed by atoms with Crippen molar-refractivity contribution < 1.29 is 9.90 Å². The first-order valence-corrected chi connectivity index (χ1v) is 9.78. The van der Waals surface area contributed by atoms with Crippen LogP contribution in [-0.2, 0) is 11.3 Å². The molecular weight excluding hydrogens is 414 g/mol. The number of nitrogens with zero attached hydrogens (tertiary/aromatic N) is 1. The number of rotatable bonds is 6. The number of aromatic nitrogens is 1. The summed E-state index contributed by atoms with van der Waals surface area (Å²) in [5.41, 5.74) is 4.71. The minimum Gasteiger partial charge on any atom is -0.481 e. The lowest BCUT2D eigenvalue weighted by molar-refractivity contribution is -0.137. The molecule has 0 spiro atoms. The van der Waals surface area contributed by atoms with Gasteiger partial charge in [-0.3, -0.25) is 4.79 Å². The van der Waals surface area contributed by atoms with Gasteiger partial charge in [0.2, 0.25) is 0 Å². The van der Waals surface area contributed by atoms with Gasteiger partial charge >= 0.3 is 5.97 Å². The van der Waals surface area contributed by atoms with Crippen LogP contribution in [-0.4, -0.2) is 15.6 Å². The average molecular weight is 435 g/mol. The topological polar surface area (TPSA) is 42.2 Å².